The second kappa shape index (κ2) is 9.42. The van der Waals surface area contributed by atoms with Crippen molar-refractivity contribution in [3.63, 3.8) is 0 Å². The van der Waals surface area contributed by atoms with Gasteiger partial charge in [-0.05, 0) is 36.2 Å². The zero-order chi connectivity index (χ0) is 19.8. The Kier molecular flexibility index (Phi) is 6.47. The number of rotatable bonds is 8. The number of carbonyl (C=O) groups is 1. The maximum Gasteiger partial charge on any atom is 0.227 e. The Morgan fingerprint density at radius 2 is 2.07 bits per heavy atom. The van der Waals surface area contributed by atoms with Crippen LogP contribution < -0.4 is 0 Å². The van der Waals surface area contributed by atoms with Crippen molar-refractivity contribution in [1.29, 1.82) is 5.26 Å². The van der Waals surface area contributed by atoms with Gasteiger partial charge in [-0.1, -0.05) is 24.2 Å². The van der Waals surface area contributed by atoms with Gasteiger partial charge in [0.2, 0.25) is 17.6 Å². The first-order valence-corrected chi connectivity index (χ1v) is 9.19. The standard InChI is InChI=1S/C21H21N5O2/c1-2-12-26(15-17-7-5-16(13-22)6-8-17)20(27)10-9-19-24-21(25-28-19)18-4-3-11-23-14-18/h3-8,11,14H,2,9-10,12,15H2,1H3. The van der Waals surface area contributed by atoms with Crippen LogP contribution in [0.5, 0.6) is 0 Å². The Labute approximate surface area is 163 Å². The first-order valence-electron chi connectivity index (χ1n) is 9.19. The molecule has 0 N–H and O–H groups in total. The Hall–Kier alpha value is -3.53. The zero-order valence-corrected chi connectivity index (χ0v) is 15.7. The van der Waals surface area contributed by atoms with Crippen LogP contribution in [-0.4, -0.2) is 32.5 Å². The van der Waals surface area contributed by atoms with Gasteiger partial charge in [-0.25, -0.2) is 0 Å². The number of amides is 1. The fourth-order valence-corrected chi connectivity index (χ4v) is 2.81. The van der Waals surface area contributed by atoms with E-state index >= 15 is 0 Å². The van der Waals surface area contributed by atoms with Crippen molar-refractivity contribution in [2.75, 3.05) is 6.54 Å². The van der Waals surface area contributed by atoms with Gasteiger partial charge in [0.15, 0.2) is 0 Å². The highest BCUT2D eigenvalue weighted by molar-refractivity contribution is 5.76. The molecule has 3 aromatic rings. The normalized spacial score (nSPS) is 10.4. The summed E-state index contributed by atoms with van der Waals surface area (Å²) in [5.41, 5.74) is 2.38. The van der Waals surface area contributed by atoms with Gasteiger partial charge in [-0.2, -0.15) is 10.2 Å². The first kappa shape index (κ1) is 19.2. The predicted octanol–water partition coefficient (Wildman–Crippen LogP) is 3.37. The van der Waals surface area contributed by atoms with Crippen LogP contribution in [0.25, 0.3) is 11.4 Å². The van der Waals surface area contributed by atoms with Crippen molar-refractivity contribution in [2.24, 2.45) is 0 Å². The zero-order valence-electron chi connectivity index (χ0n) is 15.7. The Balaban J connectivity index is 1.59. The lowest BCUT2D eigenvalue weighted by Crippen LogP contribution is -2.31. The van der Waals surface area contributed by atoms with Gasteiger partial charge in [0.1, 0.15) is 0 Å². The molecule has 2 heterocycles. The molecule has 0 aliphatic carbocycles. The minimum atomic E-state index is 0.0346. The summed E-state index contributed by atoms with van der Waals surface area (Å²) in [5, 5.41) is 12.8. The molecule has 0 fully saturated rings. The second-order valence-corrected chi connectivity index (χ2v) is 6.38. The Bertz CT molecular complexity index is 945. The first-order chi connectivity index (χ1) is 13.7. The number of nitriles is 1. The lowest BCUT2D eigenvalue weighted by atomic mass is 10.1. The average molecular weight is 375 g/mol. The molecule has 2 aromatic heterocycles. The van der Waals surface area contributed by atoms with Gasteiger partial charge in [0, 0.05) is 43.9 Å². The molecule has 0 spiro atoms. The maximum absolute atomic E-state index is 12.7. The van der Waals surface area contributed by atoms with Gasteiger partial charge in [0.25, 0.3) is 0 Å². The summed E-state index contributed by atoms with van der Waals surface area (Å²) in [6.45, 7) is 3.23. The third-order valence-electron chi connectivity index (χ3n) is 4.24. The highest BCUT2D eigenvalue weighted by Crippen LogP contribution is 2.15. The van der Waals surface area contributed by atoms with Crippen LogP contribution in [0.15, 0.2) is 53.3 Å². The van der Waals surface area contributed by atoms with Gasteiger partial charge in [0.05, 0.1) is 11.6 Å². The summed E-state index contributed by atoms with van der Waals surface area (Å²) in [4.78, 5) is 22.9. The van der Waals surface area contributed by atoms with Crippen LogP contribution in [0.1, 0.15) is 36.8 Å². The maximum atomic E-state index is 12.7. The third-order valence-corrected chi connectivity index (χ3v) is 4.24. The highest BCUT2D eigenvalue weighted by Gasteiger charge is 2.16. The minimum absolute atomic E-state index is 0.0346. The van der Waals surface area contributed by atoms with Crippen molar-refractivity contribution in [3.8, 4) is 17.5 Å². The molecule has 0 saturated carbocycles. The van der Waals surface area contributed by atoms with E-state index in [0.717, 1.165) is 17.5 Å². The molecule has 1 aromatic carbocycles. The molecule has 0 aliphatic heterocycles. The van der Waals surface area contributed by atoms with Gasteiger partial charge in [-0.3, -0.25) is 9.78 Å². The average Bonchev–Trinajstić information content (AvgIpc) is 3.22. The molecule has 142 valence electrons. The molecule has 28 heavy (non-hydrogen) atoms. The van der Waals surface area contributed by atoms with E-state index in [4.69, 9.17) is 9.78 Å². The van der Waals surface area contributed by atoms with E-state index in [1.807, 2.05) is 30.0 Å². The molecule has 0 saturated heterocycles. The van der Waals surface area contributed by atoms with Crippen LogP contribution in [-0.2, 0) is 17.8 Å². The monoisotopic (exact) mass is 375 g/mol. The number of aromatic nitrogens is 3. The summed E-state index contributed by atoms with van der Waals surface area (Å²) in [6.07, 6.45) is 4.90. The predicted molar refractivity (Wildman–Crippen MR) is 103 cm³/mol. The van der Waals surface area contributed by atoms with Crippen LogP contribution in [0.2, 0.25) is 0 Å². The Morgan fingerprint density at radius 3 is 2.75 bits per heavy atom. The van der Waals surface area contributed by atoms with Gasteiger partial charge >= 0.3 is 0 Å². The lowest BCUT2D eigenvalue weighted by molar-refractivity contribution is -0.131. The van der Waals surface area contributed by atoms with Crippen LogP contribution in [0.3, 0.4) is 0 Å². The van der Waals surface area contributed by atoms with E-state index in [0.29, 0.717) is 43.2 Å². The molecule has 0 atom stereocenters. The quantitative estimate of drug-likeness (QED) is 0.599. The van der Waals surface area contributed by atoms with Crippen molar-refractivity contribution < 1.29 is 9.32 Å². The smallest absolute Gasteiger partial charge is 0.227 e. The van der Waals surface area contributed by atoms with Crippen molar-refractivity contribution in [1.82, 2.24) is 20.0 Å². The minimum Gasteiger partial charge on any atom is -0.339 e. The molecule has 1 amide bonds. The summed E-state index contributed by atoms with van der Waals surface area (Å²) in [6, 6.07) is 13.1. The largest absolute Gasteiger partial charge is 0.339 e. The molecular formula is C21H21N5O2. The van der Waals surface area contributed by atoms with Crippen LogP contribution in [0, 0.1) is 11.3 Å². The number of pyridine rings is 1. The summed E-state index contributed by atoms with van der Waals surface area (Å²) in [5.74, 6) is 0.938. The summed E-state index contributed by atoms with van der Waals surface area (Å²) < 4.78 is 5.26. The fraction of sp³-hybridized carbons (Fsp3) is 0.286. The van der Waals surface area contributed by atoms with Crippen molar-refractivity contribution in [3.05, 3.63) is 65.8 Å². The molecule has 0 radical (unpaired) electrons. The van der Waals surface area contributed by atoms with E-state index in [2.05, 4.69) is 21.2 Å². The molecule has 3 rings (SSSR count). The van der Waals surface area contributed by atoms with E-state index in [-0.39, 0.29) is 5.91 Å². The van der Waals surface area contributed by atoms with Crippen molar-refractivity contribution in [2.45, 2.75) is 32.7 Å². The third kappa shape index (κ3) is 5.01. The summed E-state index contributed by atoms with van der Waals surface area (Å²) in [7, 11) is 0. The lowest BCUT2D eigenvalue weighted by Gasteiger charge is -2.22. The topological polar surface area (TPSA) is 95.9 Å². The molecular weight excluding hydrogens is 354 g/mol. The fourth-order valence-electron chi connectivity index (χ4n) is 2.81. The van der Waals surface area contributed by atoms with Crippen LogP contribution in [0.4, 0.5) is 0 Å². The SMILES string of the molecule is CCCN(Cc1ccc(C#N)cc1)C(=O)CCc1nc(-c2cccnc2)no1. The molecule has 7 heteroatoms. The molecule has 0 bridgehead atoms. The number of aryl methyl sites for hydroxylation is 1. The highest BCUT2D eigenvalue weighted by atomic mass is 16.5. The van der Waals surface area contributed by atoms with E-state index in [1.54, 1.807) is 30.6 Å². The molecule has 0 unspecified atom stereocenters. The number of benzene rings is 1. The Morgan fingerprint density at radius 1 is 1.25 bits per heavy atom. The van der Waals surface area contributed by atoms with Gasteiger partial charge < -0.3 is 9.42 Å². The van der Waals surface area contributed by atoms with Crippen LogP contribution >= 0.6 is 0 Å². The van der Waals surface area contributed by atoms with E-state index in [1.165, 1.54) is 0 Å². The van der Waals surface area contributed by atoms with Crippen molar-refractivity contribution >= 4 is 5.91 Å². The number of hydrogen-bond donors (Lipinski definition) is 0. The van der Waals surface area contributed by atoms with E-state index < -0.39 is 0 Å². The number of hydrogen-bond acceptors (Lipinski definition) is 6. The number of nitrogens with zero attached hydrogens (tertiary/aromatic N) is 5. The number of carbonyl (C=O) groups excluding carboxylic acids is 1. The molecule has 0 aliphatic rings. The van der Waals surface area contributed by atoms with Gasteiger partial charge in [-0.15, -0.1) is 0 Å². The second-order valence-electron chi connectivity index (χ2n) is 6.38. The summed E-state index contributed by atoms with van der Waals surface area (Å²) >= 11 is 0. The van der Waals surface area contributed by atoms with E-state index in [9.17, 15) is 4.79 Å². The molecule has 7 nitrogen and oxygen atoms in total.